The minimum atomic E-state index is 0.400. The first-order valence-electron chi connectivity index (χ1n) is 2.77. The highest BCUT2D eigenvalue weighted by molar-refractivity contribution is 7.65. The van der Waals surface area contributed by atoms with Gasteiger partial charge in [-0.25, -0.2) is 0 Å². The van der Waals surface area contributed by atoms with E-state index in [2.05, 4.69) is 12.2 Å². The first kappa shape index (κ1) is 7.98. The van der Waals surface area contributed by atoms with Crippen molar-refractivity contribution >= 4 is 11.7 Å². The maximum atomic E-state index is 9.93. The molecule has 0 aromatic heterocycles. The Kier molecular flexibility index (Phi) is 5.11. The Morgan fingerprint density at radius 3 is 2.50 bits per heavy atom. The van der Waals surface area contributed by atoms with E-state index >= 15 is 0 Å². The van der Waals surface area contributed by atoms with Crippen LogP contribution in [0.25, 0.3) is 0 Å². The Labute approximate surface area is 54.2 Å². The van der Waals surface area contributed by atoms with Crippen molar-refractivity contribution in [2.45, 2.75) is 19.4 Å². The van der Waals surface area contributed by atoms with Gasteiger partial charge in [0.2, 0.25) is 5.75 Å². The minimum absolute atomic E-state index is 0.400. The quantitative estimate of drug-likeness (QED) is 0.564. The van der Waals surface area contributed by atoms with Crippen molar-refractivity contribution in [3.8, 4) is 0 Å². The van der Waals surface area contributed by atoms with E-state index in [4.69, 9.17) is 0 Å². The normalized spacial score (nSPS) is 13.2. The molecule has 8 heavy (non-hydrogen) atoms. The lowest BCUT2D eigenvalue weighted by atomic mass is 10.3. The lowest BCUT2D eigenvalue weighted by molar-refractivity contribution is 0.575. The lowest BCUT2D eigenvalue weighted by Crippen LogP contribution is -2.27. The van der Waals surface area contributed by atoms with Gasteiger partial charge in [-0.1, -0.05) is 6.92 Å². The van der Waals surface area contributed by atoms with E-state index in [-0.39, 0.29) is 0 Å². The Hall–Kier alpha value is -0.0200. The smallest absolute Gasteiger partial charge is 0.312 e. The van der Waals surface area contributed by atoms with Crippen LogP contribution >= 0.6 is 0 Å². The molecule has 0 aromatic rings. The predicted octanol–water partition coefficient (Wildman–Crippen LogP) is 0.412. The van der Waals surface area contributed by atoms with E-state index in [9.17, 15) is 4.21 Å². The van der Waals surface area contributed by atoms with Crippen LogP contribution in [-0.2, 0) is 15.9 Å². The third-order valence-corrected chi connectivity index (χ3v) is 1.71. The molecule has 2 nitrogen and oxygen atoms in total. The van der Waals surface area contributed by atoms with Gasteiger partial charge in [-0.3, -0.25) is 0 Å². The molecule has 0 bridgehead atoms. The largest absolute Gasteiger partial charge is 0.460 e. The van der Waals surface area contributed by atoms with E-state index in [0.29, 0.717) is 23.5 Å². The highest BCUT2D eigenvalue weighted by Gasteiger charge is 2.09. The van der Waals surface area contributed by atoms with E-state index in [1.165, 1.54) is 0 Å². The summed E-state index contributed by atoms with van der Waals surface area (Å²) in [4.78, 5) is 0. The zero-order valence-electron chi connectivity index (χ0n) is 5.31. The van der Waals surface area contributed by atoms with Crippen molar-refractivity contribution in [1.82, 2.24) is 5.32 Å². The summed E-state index contributed by atoms with van der Waals surface area (Å²) in [7, 11) is 1.88. The first-order valence-corrected chi connectivity index (χ1v) is 3.68. The number of rotatable bonds is 4. The third kappa shape index (κ3) is 3.04. The summed E-state index contributed by atoms with van der Waals surface area (Å²) in [5.41, 5.74) is 0. The fraction of sp³-hybridized carbons (Fsp3) is 1.00. The highest BCUT2D eigenvalue weighted by atomic mass is 32.1. The fourth-order valence-electron chi connectivity index (χ4n) is 0.487. The first-order chi connectivity index (χ1) is 3.85. The minimum Gasteiger partial charge on any atom is -0.312 e. The van der Waals surface area contributed by atoms with Crippen LogP contribution in [0.15, 0.2) is 0 Å². The van der Waals surface area contributed by atoms with Gasteiger partial charge in [-0.05, 0) is 13.5 Å². The summed E-state index contributed by atoms with van der Waals surface area (Å²) in [5.74, 6) is 0.674. The molecule has 0 spiro atoms. The number of hydrogen-bond donors (Lipinski definition) is 1. The molecule has 0 aliphatic rings. The molecule has 1 atom stereocenters. The molecular weight excluding hydrogens is 122 g/mol. The molecular formula is C5H12NOS+. The summed E-state index contributed by atoms with van der Waals surface area (Å²) in [6.45, 7) is 2.07. The molecule has 0 aromatic carbocycles. The van der Waals surface area contributed by atoms with Crippen LogP contribution in [-0.4, -0.2) is 18.8 Å². The zero-order valence-corrected chi connectivity index (χ0v) is 6.12. The Morgan fingerprint density at radius 2 is 2.38 bits per heavy atom. The maximum Gasteiger partial charge on any atom is 0.460 e. The molecule has 0 radical (unpaired) electrons. The molecule has 1 N–H and O–H groups in total. The number of nitrogens with one attached hydrogen (secondary N) is 1. The Bertz CT molecular complexity index is 63.4. The third-order valence-electron chi connectivity index (χ3n) is 1.17. The second-order valence-electron chi connectivity index (χ2n) is 1.68. The van der Waals surface area contributed by atoms with Crippen LogP contribution in [0, 0.1) is 0 Å². The standard InChI is InChI=1S/C5H12NOS/c1-3-5(6-2)4-8-7/h5-6H,3-4H2,1-2H3/q+1. The molecule has 0 fully saturated rings. The molecule has 0 aliphatic carbocycles. The molecule has 1 unspecified atom stereocenters. The van der Waals surface area contributed by atoms with E-state index in [1.54, 1.807) is 0 Å². The van der Waals surface area contributed by atoms with Gasteiger partial charge in [0.15, 0.2) is 0 Å². The van der Waals surface area contributed by atoms with Gasteiger partial charge >= 0.3 is 11.7 Å². The Morgan fingerprint density at radius 1 is 1.75 bits per heavy atom. The average Bonchev–Trinajstić information content (AvgIpc) is 1.83. The maximum absolute atomic E-state index is 9.93. The molecule has 0 saturated carbocycles. The summed E-state index contributed by atoms with van der Waals surface area (Å²) < 4.78 is 9.93. The molecule has 0 aliphatic heterocycles. The lowest BCUT2D eigenvalue weighted by Gasteiger charge is -2.01. The van der Waals surface area contributed by atoms with Gasteiger partial charge in [0.05, 0.1) is 6.04 Å². The molecule has 0 heterocycles. The van der Waals surface area contributed by atoms with Crippen molar-refractivity contribution in [2.75, 3.05) is 12.8 Å². The van der Waals surface area contributed by atoms with Gasteiger partial charge in [-0.2, -0.15) is 0 Å². The zero-order chi connectivity index (χ0) is 6.41. The second-order valence-corrected chi connectivity index (χ2v) is 2.25. The monoisotopic (exact) mass is 134 g/mol. The van der Waals surface area contributed by atoms with Crippen molar-refractivity contribution in [3.05, 3.63) is 0 Å². The van der Waals surface area contributed by atoms with Gasteiger partial charge in [-0.15, -0.1) is 0 Å². The van der Waals surface area contributed by atoms with Crippen molar-refractivity contribution in [3.63, 3.8) is 0 Å². The fourth-order valence-corrected chi connectivity index (χ4v) is 1.05. The highest BCUT2D eigenvalue weighted by Crippen LogP contribution is 1.86. The summed E-state index contributed by atoms with van der Waals surface area (Å²) in [6.07, 6.45) is 1.03. The molecule has 0 amide bonds. The van der Waals surface area contributed by atoms with Crippen LogP contribution in [0.3, 0.4) is 0 Å². The van der Waals surface area contributed by atoms with Crippen LogP contribution in [0.1, 0.15) is 13.3 Å². The molecule has 48 valence electrons. The number of hydrogen-bond acceptors (Lipinski definition) is 2. The summed E-state index contributed by atoms with van der Waals surface area (Å²) in [6, 6.07) is 0.400. The average molecular weight is 134 g/mol. The van der Waals surface area contributed by atoms with Crippen LogP contribution < -0.4 is 5.32 Å². The van der Waals surface area contributed by atoms with E-state index in [1.807, 2.05) is 7.05 Å². The van der Waals surface area contributed by atoms with Crippen LogP contribution in [0.2, 0.25) is 0 Å². The molecule has 3 heteroatoms. The van der Waals surface area contributed by atoms with Gasteiger partial charge < -0.3 is 5.32 Å². The summed E-state index contributed by atoms with van der Waals surface area (Å²) in [5, 5.41) is 3.03. The topological polar surface area (TPSA) is 29.1 Å². The van der Waals surface area contributed by atoms with Gasteiger partial charge in [0.25, 0.3) is 0 Å². The Balaban J connectivity index is 3.20. The van der Waals surface area contributed by atoms with Crippen LogP contribution in [0.5, 0.6) is 0 Å². The second kappa shape index (κ2) is 5.12. The van der Waals surface area contributed by atoms with Crippen molar-refractivity contribution in [2.24, 2.45) is 0 Å². The van der Waals surface area contributed by atoms with Gasteiger partial charge in [0, 0.05) is 4.21 Å². The SMILES string of the molecule is CCC(C[S+]=O)NC. The van der Waals surface area contributed by atoms with Gasteiger partial charge in [0.1, 0.15) is 0 Å². The van der Waals surface area contributed by atoms with E-state index in [0.717, 1.165) is 6.42 Å². The van der Waals surface area contributed by atoms with Crippen molar-refractivity contribution < 1.29 is 4.21 Å². The predicted molar refractivity (Wildman–Crippen MR) is 36.1 cm³/mol. The molecule has 0 saturated heterocycles. The van der Waals surface area contributed by atoms with Crippen LogP contribution in [0.4, 0.5) is 0 Å². The summed E-state index contributed by atoms with van der Waals surface area (Å²) >= 11 is 0.646. The molecule has 0 rings (SSSR count). The van der Waals surface area contributed by atoms with Crippen molar-refractivity contribution in [1.29, 1.82) is 0 Å². The van der Waals surface area contributed by atoms with E-state index < -0.39 is 0 Å².